The van der Waals surface area contributed by atoms with E-state index in [1.807, 2.05) is 4.90 Å². The smallest absolute Gasteiger partial charge is 0.0510 e. The molecule has 4 aliphatic heterocycles. The van der Waals surface area contributed by atoms with Crippen LogP contribution in [0.25, 0.3) is 0 Å². The number of nitrogens with zero attached hydrogens (tertiary/aromatic N) is 3. The number of hydrogen-bond acceptors (Lipinski definition) is 3. The maximum absolute atomic E-state index is 8.69. The van der Waals surface area contributed by atoms with Crippen molar-refractivity contribution in [2.24, 2.45) is 11.3 Å². The Morgan fingerprint density at radius 2 is 1.52 bits per heavy atom. The van der Waals surface area contributed by atoms with Crippen LogP contribution in [-0.4, -0.2) is 65.1 Å². The van der Waals surface area contributed by atoms with Crippen LogP contribution in [0.4, 0.5) is 0 Å². The van der Waals surface area contributed by atoms with Gasteiger partial charge in [0.15, 0.2) is 0 Å². The minimum absolute atomic E-state index is 0.0126. The Balaban J connectivity index is 1.95. The highest BCUT2D eigenvalue weighted by Crippen LogP contribution is 2.36. The lowest BCUT2D eigenvalue weighted by atomic mass is 9.75. The number of likely N-dealkylation sites (tertiary alicyclic amines) is 1. The Morgan fingerprint density at radius 3 is 2.00 bits per heavy atom. The van der Waals surface area contributed by atoms with E-state index >= 15 is 0 Å². The topological polar surface area (TPSA) is 9.72 Å². The molecule has 4 rings (SSSR count). The summed E-state index contributed by atoms with van der Waals surface area (Å²) in [5.41, 5.74) is -0.949. The number of rotatable bonds is 2. The lowest BCUT2D eigenvalue weighted by Crippen LogP contribution is -2.67. The summed E-state index contributed by atoms with van der Waals surface area (Å²) >= 11 is 0. The lowest BCUT2D eigenvalue weighted by molar-refractivity contribution is -0.0839. The highest BCUT2D eigenvalue weighted by Gasteiger charge is 2.43. The zero-order chi connectivity index (χ0) is 24.0. The van der Waals surface area contributed by atoms with Gasteiger partial charge in [-0.05, 0) is 70.7 Å². The van der Waals surface area contributed by atoms with Crippen molar-refractivity contribution < 1.29 is 11.0 Å². The molecule has 0 radical (unpaired) electrons. The van der Waals surface area contributed by atoms with Crippen LogP contribution < -0.4 is 0 Å². The summed E-state index contributed by atoms with van der Waals surface area (Å²) in [6.07, 6.45) is -3.19. The van der Waals surface area contributed by atoms with Crippen LogP contribution in [0.5, 0.6) is 0 Å². The molecule has 4 saturated heterocycles. The van der Waals surface area contributed by atoms with E-state index in [1.54, 1.807) is 20.8 Å². The van der Waals surface area contributed by atoms with Crippen molar-refractivity contribution in [3.05, 3.63) is 0 Å². The predicted octanol–water partition coefficient (Wildman–Crippen LogP) is 3.65. The molecule has 3 heteroatoms. The maximum atomic E-state index is 8.69. The van der Waals surface area contributed by atoms with Gasteiger partial charge in [-0.1, -0.05) is 20.8 Å². The molecule has 4 aliphatic rings. The van der Waals surface area contributed by atoms with Crippen LogP contribution in [0.1, 0.15) is 78.1 Å². The Morgan fingerprint density at radius 1 is 0.913 bits per heavy atom. The van der Waals surface area contributed by atoms with Gasteiger partial charge >= 0.3 is 0 Å². The summed E-state index contributed by atoms with van der Waals surface area (Å²) in [4.78, 5) is 5.31. The maximum Gasteiger partial charge on any atom is 0.0510 e. The van der Waals surface area contributed by atoms with E-state index in [-0.39, 0.29) is 24.3 Å². The lowest BCUT2D eigenvalue weighted by Gasteiger charge is -2.56. The summed E-state index contributed by atoms with van der Waals surface area (Å²) < 4.78 is 69.4. The molecular formula is C20H39N3. The zero-order valence-electron chi connectivity index (χ0n) is 23.6. The number of fused-ring (bicyclic) bond motifs is 3. The van der Waals surface area contributed by atoms with Crippen molar-refractivity contribution in [3.63, 3.8) is 0 Å². The van der Waals surface area contributed by atoms with E-state index in [1.165, 1.54) is 0 Å². The molecule has 0 aromatic carbocycles. The molecule has 0 saturated carbocycles. The highest BCUT2D eigenvalue weighted by atomic mass is 15.4. The number of hydrogen-bond donors (Lipinski definition) is 0. The third-order valence-electron chi connectivity index (χ3n) is 5.38. The number of piperazine rings is 1. The third kappa shape index (κ3) is 3.93. The van der Waals surface area contributed by atoms with Crippen LogP contribution in [0.15, 0.2) is 0 Å². The third-order valence-corrected chi connectivity index (χ3v) is 5.38. The van der Waals surface area contributed by atoms with Crippen molar-refractivity contribution in [2.75, 3.05) is 32.8 Å². The average molecular weight is 330 g/mol. The normalized spacial score (nSPS) is 46.5. The van der Waals surface area contributed by atoms with Gasteiger partial charge in [0.25, 0.3) is 0 Å². The summed E-state index contributed by atoms with van der Waals surface area (Å²) in [7, 11) is 0. The summed E-state index contributed by atoms with van der Waals surface area (Å²) in [6, 6.07) is 0.398. The minimum Gasteiger partial charge on any atom is -0.293 e. The van der Waals surface area contributed by atoms with Crippen molar-refractivity contribution >= 4 is 0 Å². The molecule has 4 heterocycles. The fourth-order valence-electron chi connectivity index (χ4n) is 3.94. The first-order chi connectivity index (χ1) is 13.7. The molecule has 23 heavy (non-hydrogen) atoms. The molecule has 2 bridgehead atoms. The molecule has 4 fully saturated rings. The minimum atomic E-state index is -2.67. The largest absolute Gasteiger partial charge is 0.293 e. The molecule has 0 amide bonds. The van der Waals surface area contributed by atoms with E-state index in [9.17, 15) is 0 Å². The van der Waals surface area contributed by atoms with Crippen LogP contribution in [0.3, 0.4) is 0 Å². The van der Waals surface area contributed by atoms with Gasteiger partial charge in [-0.15, -0.1) is 0 Å². The average Bonchev–Trinajstić information content (AvgIpc) is 2.55. The van der Waals surface area contributed by atoms with E-state index < -0.39 is 37.1 Å². The second-order valence-corrected chi connectivity index (χ2v) is 9.36. The van der Waals surface area contributed by atoms with Crippen molar-refractivity contribution in [3.8, 4) is 0 Å². The Bertz CT molecular complexity index is 670. The zero-order valence-corrected chi connectivity index (χ0v) is 15.6. The Kier molecular flexibility index (Phi) is 2.78. The van der Waals surface area contributed by atoms with Crippen LogP contribution in [-0.2, 0) is 0 Å². The first-order valence-electron chi connectivity index (χ1n) is 13.0. The van der Waals surface area contributed by atoms with E-state index in [0.29, 0.717) is 6.54 Å². The molecule has 0 spiro atoms. The Labute approximate surface area is 155 Å². The molecule has 134 valence electrons. The first-order valence-corrected chi connectivity index (χ1v) is 8.95. The standard InChI is InChI=1S/C20H39N3/c1-19(2,3)16-9-11-21(12-10-16)15-22-13-18-8-7-17(22)14-23(18)20(4,5)6/h16-18H,7-15H2,1-6H3/i9D2,10D2,11D2,12D2. The second kappa shape index (κ2) is 6.31. The molecule has 3 nitrogen and oxygen atoms in total. The van der Waals surface area contributed by atoms with E-state index in [4.69, 9.17) is 11.0 Å². The molecular weight excluding hydrogens is 282 g/mol. The molecule has 2 unspecified atom stereocenters. The first kappa shape index (κ1) is 10.1. The monoisotopic (exact) mass is 329 g/mol. The van der Waals surface area contributed by atoms with E-state index in [0.717, 1.165) is 24.3 Å². The summed E-state index contributed by atoms with van der Waals surface area (Å²) in [6.45, 7) is 7.48. The van der Waals surface area contributed by atoms with Gasteiger partial charge in [0.05, 0.1) is 6.67 Å². The van der Waals surface area contributed by atoms with Gasteiger partial charge in [-0.3, -0.25) is 14.7 Å². The van der Waals surface area contributed by atoms with Gasteiger partial charge in [-0.2, -0.15) is 0 Å². The van der Waals surface area contributed by atoms with Crippen LogP contribution in [0, 0.1) is 11.3 Å². The fourth-order valence-corrected chi connectivity index (χ4v) is 3.94. The quantitative estimate of drug-likeness (QED) is 0.765. The number of piperidine rings is 3. The second-order valence-electron chi connectivity index (χ2n) is 9.36. The van der Waals surface area contributed by atoms with Gasteiger partial charge in [-0.25, -0.2) is 0 Å². The summed E-state index contributed by atoms with van der Waals surface area (Å²) in [5, 5.41) is 0. The molecule has 0 aliphatic carbocycles. The summed E-state index contributed by atoms with van der Waals surface area (Å²) in [5.74, 6) is -1.46. The van der Waals surface area contributed by atoms with Gasteiger partial charge in [0.1, 0.15) is 0 Å². The van der Waals surface area contributed by atoms with E-state index in [2.05, 4.69) is 25.7 Å². The van der Waals surface area contributed by atoms with Crippen molar-refractivity contribution in [1.29, 1.82) is 0 Å². The highest BCUT2D eigenvalue weighted by molar-refractivity contribution is 4.99. The van der Waals surface area contributed by atoms with Gasteiger partial charge in [0.2, 0.25) is 0 Å². The van der Waals surface area contributed by atoms with Crippen molar-refractivity contribution in [1.82, 2.24) is 14.7 Å². The molecule has 0 aromatic rings. The fraction of sp³-hybridized carbons (Fsp3) is 1.00. The van der Waals surface area contributed by atoms with Crippen LogP contribution in [0.2, 0.25) is 0 Å². The molecule has 2 atom stereocenters. The van der Waals surface area contributed by atoms with Gasteiger partial charge in [0, 0.05) is 41.7 Å². The Hall–Kier alpha value is -0.120. The molecule has 0 aromatic heterocycles. The SMILES string of the molecule is [2H]C1([2H])C(C(C)(C)C)C([2H])([2H])C([2H])([2H])N(CN2CC3CCC2CN3C(C)(C)C)C1([2H])[2H]. The van der Waals surface area contributed by atoms with Crippen LogP contribution >= 0.6 is 0 Å². The van der Waals surface area contributed by atoms with Crippen molar-refractivity contribution in [2.45, 2.75) is 84.8 Å². The predicted molar refractivity (Wildman–Crippen MR) is 98.6 cm³/mol. The van der Waals surface area contributed by atoms with Gasteiger partial charge < -0.3 is 0 Å². The molecule has 0 N–H and O–H groups in total.